The minimum atomic E-state index is 0.0143. The van der Waals surface area contributed by atoms with E-state index in [1.807, 2.05) is 58.9 Å². The Morgan fingerprint density at radius 2 is 1.84 bits per heavy atom. The van der Waals surface area contributed by atoms with Crippen LogP contribution in [-0.4, -0.2) is 35.1 Å². The quantitative estimate of drug-likeness (QED) is 0.614. The second-order valence-electron chi connectivity index (χ2n) is 8.85. The van der Waals surface area contributed by atoms with E-state index in [0.717, 1.165) is 59.8 Å². The molecule has 1 aliphatic rings. The summed E-state index contributed by atoms with van der Waals surface area (Å²) < 4.78 is 11.5. The number of carbonyl (C=O) groups is 1. The van der Waals surface area contributed by atoms with Gasteiger partial charge in [0.1, 0.15) is 23.2 Å². The summed E-state index contributed by atoms with van der Waals surface area (Å²) in [6, 6.07) is 7.89. The summed E-state index contributed by atoms with van der Waals surface area (Å²) in [6.45, 7) is 12.0. The van der Waals surface area contributed by atoms with Crippen LogP contribution >= 0.6 is 0 Å². The Labute approximate surface area is 189 Å². The molecule has 1 aliphatic heterocycles. The van der Waals surface area contributed by atoms with Crippen LogP contribution in [0.25, 0.3) is 11.1 Å². The summed E-state index contributed by atoms with van der Waals surface area (Å²) in [7, 11) is 0. The Morgan fingerprint density at radius 1 is 1.16 bits per heavy atom. The minimum Gasteiger partial charge on any atom is -0.491 e. The molecule has 0 unspecified atom stereocenters. The molecule has 1 fully saturated rings. The number of nitrogens with one attached hydrogen (secondary N) is 1. The fraction of sp³-hybridized carbons (Fsp3) is 0.480. The first-order valence-corrected chi connectivity index (χ1v) is 11.3. The second kappa shape index (κ2) is 9.18. The van der Waals surface area contributed by atoms with Crippen molar-refractivity contribution in [1.82, 2.24) is 15.3 Å². The first kappa shape index (κ1) is 22.1. The van der Waals surface area contributed by atoms with Gasteiger partial charge < -0.3 is 19.4 Å². The maximum atomic E-state index is 12.8. The van der Waals surface area contributed by atoms with E-state index in [-0.39, 0.29) is 17.9 Å². The lowest BCUT2D eigenvalue weighted by Gasteiger charge is -2.32. The zero-order valence-electron chi connectivity index (χ0n) is 19.6. The number of hydrogen-bond donors (Lipinski definition) is 1. The Bertz CT molecular complexity index is 1100. The highest BCUT2D eigenvalue weighted by Crippen LogP contribution is 2.33. The number of benzene rings is 1. The predicted molar refractivity (Wildman–Crippen MR) is 125 cm³/mol. The van der Waals surface area contributed by atoms with E-state index in [0.29, 0.717) is 18.1 Å². The SMILES string of the molecule is Cc1nc(N2CCC(C(=O)NCc3ccc(OC(C)C)cc3)CC2)c2c(C)c(C)oc2n1. The van der Waals surface area contributed by atoms with Gasteiger partial charge in [-0.25, -0.2) is 4.98 Å². The molecule has 3 aromatic rings. The fourth-order valence-corrected chi connectivity index (χ4v) is 4.21. The van der Waals surface area contributed by atoms with Gasteiger partial charge in [-0.1, -0.05) is 12.1 Å². The molecule has 0 bridgehead atoms. The summed E-state index contributed by atoms with van der Waals surface area (Å²) in [4.78, 5) is 24.2. The standard InChI is InChI=1S/C25H32N4O3/c1-15(2)31-21-8-6-19(7-9-21)14-26-24(30)20-10-12-29(13-11-20)23-22-16(3)17(4)32-25(22)28-18(5)27-23/h6-9,15,20H,10-14H2,1-5H3,(H,26,30). The summed E-state index contributed by atoms with van der Waals surface area (Å²) in [5.74, 6) is 3.47. The van der Waals surface area contributed by atoms with Gasteiger partial charge in [-0.2, -0.15) is 4.98 Å². The molecule has 4 rings (SSSR count). The van der Waals surface area contributed by atoms with Crippen molar-refractivity contribution in [2.75, 3.05) is 18.0 Å². The van der Waals surface area contributed by atoms with Crippen LogP contribution in [0.3, 0.4) is 0 Å². The molecular weight excluding hydrogens is 404 g/mol. The number of hydrogen-bond acceptors (Lipinski definition) is 6. The molecule has 32 heavy (non-hydrogen) atoms. The molecular formula is C25H32N4O3. The van der Waals surface area contributed by atoms with Crippen LogP contribution in [0.4, 0.5) is 5.82 Å². The summed E-state index contributed by atoms with van der Waals surface area (Å²) in [5, 5.41) is 4.08. The number of amides is 1. The van der Waals surface area contributed by atoms with Crippen molar-refractivity contribution in [2.45, 2.75) is 60.1 Å². The van der Waals surface area contributed by atoms with E-state index in [1.165, 1.54) is 0 Å². The lowest BCUT2D eigenvalue weighted by molar-refractivity contribution is -0.125. The van der Waals surface area contributed by atoms with E-state index in [4.69, 9.17) is 14.1 Å². The monoisotopic (exact) mass is 436 g/mol. The average Bonchev–Trinajstić information content (AvgIpc) is 3.05. The van der Waals surface area contributed by atoms with Gasteiger partial charge in [-0.05, 0) is 65.2 Å². The number of rotatable bonds is 6. The van der Waals surface area contributed by atoms with Crippen molar-refractivity contribution in [3.8, 4) is 5.75 Å². The minimum absolute atomic E-state index is 0.0143. The number of ether oxygens (including phenoxy) is 1. The summed E-state index contributed by atoms with van der Waals surface area (Å²) in [6.07, 6.45) is 1.75. The highest BCUT2D eigenvalue weighted by Gasteiger charge is 2.28. The average molecular weight is 437 g/mol. The van der Waals surface area contributed by atoms with E-state index < -0.39 is 0 Å². The first-order chi connectivity index (χ1) is 15.3. The predicted octanol–water partition coefficient (Wildman–Crippen LogP) is 4.47. The van der Waals surface area contributed by atoms with Gasteiger partial charge in [-0.3, -0.25) is 4.79 Å². The number of aryl methyl sites for hydroxylation is 3. The third-order valence-corrected chi connectivity index (χ3v) is 6.05. The van der Waals surface area contributed by atoms with Crippen LogP contribution in [0.15, 0.2) is 28.7 Å². The lowest BCUT2D eigenvalue weighted by Crippen LogP contribution is -2.40. The molecule has 170 valence electrons. The van der Waals surface area contributed by atoms with Crippen molar-refractivity contribution in [1.29, 1.82) is 0 Å². The molecule has 1 amide bonds. The molecule has 0 spiro atoms. The molecule has 0 aliphatic carbocycles. The third-order valence-electron chi connectivity index (χ3n) is 6.05. The van der Waals surface area contributed by atoms with E-state index >= 15 is 0 Å². The molecule has 1 N–H and O–H groups in total. The number of fused-ring (bicyclic) bond motifs is 1. The molecule has 7 heteroatoms. The highest BCUT2D eigenvalue weighted by atomic mass is 16.5. The number of piperidine rings is 1. The summed E-state index contributed by atoms with van der Waals surface area (Å²) >= 11 is 0. The molecule has 3 heterocycles. The van der Waals surface area contributed by atoms with Crippen LogP contribution in [-0.2, 0) is 11.3 Å². The largest absolute Gasteiger partial charge is 0.491 e. The van der Waals surface area contributed by atoms with E-state index in [1.54, 1.807) is 0 Å². The van der Waals surface area contributed by atoms with Gasteiger partial charge >= 0.3 is 0 Å². The van der Waals surface area contributed by atoms with Crippen molar-refractivity contribution < 1.29 is 13.9 Å². The zero-order valence-corrected chi connectivity index (χ0v) is 19.6. The highest BCUT2D eigenvalue weighted by molar-refractivity contribution is 5.90. The Morgan fingerprint density at radius 3 is 2.50 bits per heavy atom. The number of nitrogens with zero attached hydrogens (tertiary/aromatic N) is 3. The van der Waals surface area contributed by atoms with E-state index in [2.05, 4.69) is 15.2 Å². The molecule has 1 saturated heterocycles. The zero-order chi connectivity index (χ0) is 22.8. The fourth-order valence-electron chi connectivity index (χ4n) is 4.21. The number of aromatic nitrogens is 2. The molecule has 0 radical (unpaired) electrons. The van der Waals surface area contributed by atoms with Gasteiger partial charge in [0.05, 0.1) is 11.5 Å². The molecule has 0 saturated carbocycles. The van der Waals surface area contributed by atoms with Crippen LogP contribution in [0.5, 0.6) is 5.75 Å². The Balaban J connectivity index is 1.35. The normalized spacial score (nSPS) is 14.9. The molecule has 0 atom stereocenters. The van der Waals surface area contributed by atoms with Crippen molar-refractivity contribution in [3.05, 3.63) is 47.0 Å². The Kier molecular flexibility index (Phi) is 6.35. The van der Waals surface area contributed by atoms with Gasteiger partial charge in [0.15, 0.2) is 0 Å². The number of anilines is 1. The molecule has 1 aromatic carbocycles. The van der Waals surface area contributed by atoms with Crippen LogP contribution in [0.2, 0.25) is 0 Å². The third kappa shape index (κ3) is 4.71. The van der Waals surface area contributed by atoms with Crippen LogP contribution in [0, 0.1) is 26.7 Å². The van der Waals surface area contributed by atoms with Gasteiger partial charge in [0, 0.05) is 31.1 Å². The Hall–Kier alpha value is -3.09. The lowest BCUT2D eigenvalue weighted by atomic mass is 9.95. The summed E-state index contributed by atoms with van der Waals surface area (Å²) in [5.41, 5.74) is 2.79. The molecule has 2 aromatic heterocycles. The number of carbonyl (C=O) groups excluding carboxylic acids is 1. The molecule has 7 nitrogen and oxygen atoms in total. The van der Waals surface area contributed by atoms with Gasteiger partial charge in [0.25, 0.3) is 0 Å². The maximum absolute atomic E-state index is 12.8. The van der Waals surface area contributed by atoms with Crippen molar-refractivity contribution >= 4 is 22.8 Å². The first-order valence-electron chi connectivity index (χ1n) is 11.3. The number of furan rings is 1. The topological polar surface area (TPSA) is 80.5 Å². The van der Waals surface area contributed by atoms with Gasteiger partial charge in [-0.15, -0.1) is 0 Å². The van der Waals surface area contributed by atoms with Crippen molar-refractivity contribution in [3.63, 3.8) is 0 Å². The second-order valence-corrected chi connectivity index (χ2v) is 8.85. The smallest absolute Gasteiger partial charge is 0.231 e. The van der Waals surface area contributed by atoms with Crippen molar-refractivity contribution in [2.24, 2.45) is 5.92 Å². The maximum Gasteiger partial charge on any atom is 0.231 e. The van der Waals surface area contributed by atoms with Gasteiger partial charge in [0.2, 0.25) is 11.6 Å². The van der Waals surface area contributed by atoms with E-state index in [9.17, 15) is 4.79 Å². The van der Waals surface area contributed by atoms with Crippen LogP contribution < -0.4 is 15.0 Å². The van der Waals surface area contributed by atoms with Crippen LogP contribution in [0.1, 0.15) is 49.4 Å².